The second kappa shape index (κ2) is 6.58. The number of aromatic nitrogens is 1. The minimum atomic E-state index is -0.824. The number of nitrogens with one attached hydrogen (secondary N) is 1. The molecule has 1 saturated carbocycles. The normalized spacial score (nSPS) is 27.0. The first-order chi connectivity index (χ1) is 10.6. The lowest BCUT2D eigenvalue weighted by Crippen LogP contribution is -2.46. The number of carboxylic acid groups (broad SMARTS) is 1. The summed E-state index contributed by atoms with van der Waals surface area (Å²) in [5.41, 5.74) is -0.223. The van der Waals surface area contributed by atoms with E-state index in [9.17, 15) is 14.7 Å². The van der Waals surface area contributed by atoms with Gasteiger partial charge in [0.2, 0.25) is 0 Å². The van der Waals surface area contributed by atoms with Crippen LogP contribution in [0.2, 0.25) is 0 Å². The molecule has 6 nitrogen and oxygen atoms in total. The van der Waals surface area contributed by atoms with Gasteiger partial charge in [0.1, 0.15) is 5.76 Å². The van der Waals surface area contributed by atoms with Crippen LogP contribution >= 0.6 is 0 Å². The summed E-state index contributed by atoms with van der Waals surface area (Å²) in [6, 6.07) is 1.54. The summed E-state index contributed by atoms with van der Waals surface area (Å²) in [5, 5.41) is 11.8. The molecule has 1 aromatic heterocycles. The molecular weight excluding hydrogens is 284 g/mol. The molecular formula is C16H24N2O4. The van der Waals surface area contributed by atoms with Gasteiger partial charge >= 0.3 is 6.09 Å². The van der Waals surface area contributed by atoms with Crippen molar-refractivity contribution in [2.75, 3.05) is 6.54 Å². The molecule has 2 aliphatic rings. The largest absolute Gasteiger partial charge is 0.465 e. The number of H-pyrrole nitrogens is 1. The summed E-state index contributed by atoms with van der Waals surface area (Å²) in [6.07, 6.45) is 7.86. The van der Waals surface area contributed by atoms with Gasteiger partial charge in [-0.15, -0.1) is 0 Å². The Balaban J connectivity index is 1.69. The molecule has 2 fully saturated rings. The molecule has 22 heavy (non-hydrogen) atoms. The van der Waals surface area contributed by atoms with Crippen molar-refractivity contribution in [3.05, 3.63) is 22.2 Å². The summed E-state index contributed by atoms with van der Waals surface area (Å²) >= 11 is 0. The number of rotatable bonds is 3. The Morgan fingerprint density at radius 2 is 2.09 bits per heavy atom. The molecule has 122 valence electrons. The monoisotopic (exact) mass is 308 g/mol. The van der Waals surface area contributed by atoms with Gasteiger partial charge in [-0.1, -0.05) is 32.1 Å². The van der Waals surface area contributed by atoms with E-state index in [-0.39, 0.29) is 17.5 Å². The molecule has 0 bridgehead atoms. The minimum Gasteiger partial charge on any atom is -0.465 e. The van der Waals surface area contributed by atoms with Gasteiger partial charge in [0.15, 0.2) is 0 Å². The van der Waals surface area contributed by atoms with Gasteiger partial charge in [0, 0.05) is 24.6 Å². The summed E-state index contributed by atoms with van der Waals surface area (Å²) in [5.74, 6) is 1.45. The van der Waals surface area contributed by atoms with Crippen molar-refractivity contribution in [2.45, 2.75) is 63.3 Å². The average Bonchev–Trinajstić information content (AvgIpc) is 2.94. The third kappa shape index (κ3) is 3.36. The van der Waals surface area contributed by atoms with Crippen molar-refractivity contribution in [2.24, 2.45) is 5.92 Å². The highest BCUT2D eigenvalue weighted by atomic mass is 16.5. The molecule has 3 rings (SSSR count). The van der Waals surface area contributed by atoms with Gasteiger partial charge in [0.25, 0.3) is 5.56 Å². The molecule has 2 heterocycles. The summed E-state index contributed by atoms with van der Waals surface area (Å²) < 4.78 is 5.23. The van der Waals surface area contributed by atoms with Crippen molar-refractivity contribution in [3.8, 4) is 0 Å². The van der Waals surface area contributed by atoms with E-state index in [1.807, 2.05) is 0 Å². The Labute approximate surface area is 129 Å². The van der Waals surface area contributed by atoms with Crippen molar-refractivity contribution in [1.82, 2.24) is 10.1 Å². The summed E-state index contributed by atoms with van der Waals surface area (Å²) in [4.78, 5) is 24.3. The zero-order valence-corrected chi connectivity index (χ0v) is 12.8. The van der Waals surface area contributed by atoms with Gasteiger partial charge in [-0.2, -0.15) is 5.16 Å². The number of hydrogen-bond acceptors (Lipinski definition) is 3. The fourth-order valence-electron chi connectivity index (χ4n) is 4.09. The number of amides is 1. The van der Waals surface area contributed by atoms with Gasteiger partial charge in [-0.05, 0) is 25.2 Å². The van der Waals surface area contributed by atoms with Crippen LogP contribution in [0.5, 0.6) is 0 Å². The van der Waals surface area contributed by atoms with Crippen LogP contribution < -0.4 is 5.56 Å². The molecule has 1 aliphatic carbocycles. The molecule has 0 radical (unpaired) electrons. The molecule has 2 atom stereocenters. The van der Waals surface area contributed by atoms with Crippen LogP contribution in [0.15, 0.2) is 15.4 Å². The topological polar surface area (TPSA) is 86.5 Å². The van der Waals surface area contributed by atoms with E-state index in [4.69, 9.17) is 4.52 Å². The fraction of sp³-hybridized carbons (Fsp3) is 0.750. The molecule has 2 N–H and O–H groups in total. The first kappa shape index (κ1) is 15.2. The van der Waals surface area contributed by atoms with Crippen LogP contribution in [0, 0.1) is 5.92 Å². The first-order valence-electron chi connectivity index (χ1n) is 8.31. The third-order valence-electron chi connectivity index (χ3n) is 5.24. The highest BCUT2D eigenvalue weighted by molar-refractivity contribution is 5.65. The molecule has 1 aromatic rings. The lowest BCUT2D eigenvalue weighted by atomic mass is 9.80. The number of nitrogens with zero attached hydrogens (tertiary/aromatic N) is 1. The van der Waals surface area contributed by atoms with E-state index in [1.54, 1.807) is 4.90 Å². The maximum atomic E-state index is 11.5. The molecule has 1 amide bonds. The Morgan fingerprint density at radius 3 is 2.73 bits per heavy atom. The third-order valence-corrected chi connectivity index (χ3v) is 5.24. The highest BCUT2D eigenvalue weighted by Crippen LogP contribution is 2.36. The maximum Gasteiger partial charge on any atom is 0.407 e. The second-order valence-corrected chi connectivity index (χ2v) is 6.71. The van der Waals surface area contributed by atoms with Gasteiger partial charge in [0.05, 0.1) is 0 Å². The first-order valence-corrected chi connectivity index (χ1v) is 8.31. The zero-order valence-electron chi connectivity index (χ0n) is 12.8. The molecule has 6 heteroatoms. The smallest absolute Gasteiger partial charge is 0.407 e. The molecule has 0 unspecified atom stereocenters. The number of carbonyl (C=O) groups is 1. The Morgan fingerprint density at radius 1 is 1.32 bits per heavy atom. The predicted octanol–water partition coefficient (Wildman–Crippen LogP) is 3.16. The van der Waals surface area contributed by atoms with Crippen molar-refractivity contribution < 1.29 is 14.4 Å². The number of likely N-dealkylation sites (tertiary alicyclic amines) is 1. The van der Waals surface area contributed by atoms with E-state index in [0.717, 1.165) is 12.8 Å². The standard InChI is InChI=1S/C16H24N2O4/c19-15-10-14(22-17-15)12-6-7-18(16(20)21)13(9-12)8-11-4-2-1-3-5-11/h10-13H,1-9H2,(H,17,19)(H,20,21)/t12-,13+/m0/s1. The van der Waals surface area contributed by atoms with E-state index < -0.39 is 6.09 Å². The van der Waals surface area contributed by atoms with Crippen LogP contribution in [0.3, 0.4) is 0 Å². The lowest BCUT2D eigenvalue weighted by Gasteiger charge is -2.39. The quantitative estimate of drug-likeness (QED) is 0.898. The number of aromatic amines is 1. The molecule has 1 aliphatic heterocycles. The summed E-state index contributed by atoms with van der Waals surface area (Å²) in [7, 11) is 0. The Bertz CT molecular complexity index is 558. The number of hydrogen-bond donors (Lipinski definition) is 2. The SMILES string of the molecule is O=C(O)N1CC[C@H](c2cc(=O)[nH]o2)C[C@H]1CC1CCCCC1. The lowest BCUT2D eigenvalue weighted by molar-refractivity contribution is 0.0831. The van der Waals surface area contributed by atoms with Crippen LogP contribution in [-0.4, -0.2) is 33.8 Å². The van der Waals surface area contributed by atoms with Crippen LogP contribution in [0.1, 0.15) is 63.0 Å². The highest BCUT2D eigenvalue weighted by Gasteiger charge is 2.35. The van der Waals surface area contributed by atoms with Gasteiger partial charge in [-0.25, -0.2) is 4.79 Å². The molecule has 0 aromatic carbocycles. The minimum absolute atomic E-state index is 0.0413. The van der Waals surface area contributed by atoms with Crippen molar-refractivity contribution >= 4 is 6.09 Å². The van der Waals surface area contributed by atoms with Crippen LogP contribution in [0.4, 0.5) is 4.79 Å². The van der Waals surface area contributed by atoms with E-state index in [2.05, 4.69) is 5.16 Å². The Hall–Kier alpha value is -1.72. The van der Waals surface area contributed by atoms with Crippen molar-refractivity contribution in [1.29, 1.82) is 0 Å². The number of piperidine rings is 1. The van der Waals surface area contributed by atoms with Gasteiger partial charge < -0.3 is 14.5 Å². The van der Waals surface area contributed by atoms with E-state index >= 15 is 0 Å². The van der Waals surface area contributed by atoms with Crippen LogP contribution in [0.25, 0.3) is 0 Å². The summed E-state index contributed by atoms with van der Waals surface area (Å²) in [6.45, 7) is 0.520. The average molecular weight is 308 g/mol. The van der Waals surface area contributed by atoms with E-state index in [0.29, 0.717) is 24.6 Å². The zero-order chi connectivity index (χ0) is 15.5. The van der Waals surface area contributed by atoms with E-state index in [1.165, 1.54) is 38.2 Å². The molecule has 1 saturated heterocycles. The van der Waals surface area contributed by atoms with Gasteiger partial charge in [-0.3, -0.25) is 4.79 Å². The Kier molecular flexibility index (Phi) is 4.55. The van der Waals surface area contributed by atoms with Crippen LogP contribution in [-0.2, 0) is 0 Å². The fourth-order valence-corrected chi connectivity index (χ4v) is 4.09. The molecule has 0 spiro atoms. The van der Waals surface area contributed by atoms with Crippen molar-refractivity contribution in [3.63, 3.8) is 0 Å². The maximum absolute atomic E-state index is 11.5. The predicted molar refractivity (Wildman–Crippen MR) is 81.0 cm³/mol. The second-order valence-electron chi connectivity index (χ2n) is 6.71.